The molecule has 13 heteroatoms. The van der Waals surface area contributed by atoms with E-state index in [1.54, 1.807) is 6.92 Å². The summed E-state index contributed by atoms with van der Waals surface area (Å²) in [6.45, 7) is 1.89. The van der Waals surface area contributed by atoms with Crippen molar-refractivity contribution in [3.63, 3.8) is 0 Å². The predicted octanol–water partition coefficient (Wildman–Crippen LogP) is 1.12. The highest BCUT2D eigenvalue weighted by Gasteiger charge is 2.45. The van der Waals surface area contributed by atoms with E-state index in [4.69, 9.17) is 14.6 Å². The summed E-state index contributed by atoms with van der Waals surface area (Å²) in [5, 5.41) is 16.5. The van der Waals surface area contributed by atoms with Crippen LogP contribution < -0.4 is 20.7 Å². The van der Waals surface area contributed by atoms with Crippen molar-refractivity contribution in [3.8, 4) is 5.75 Å². The molecule has 4 amide bonds. The molecule has 1 saturated carbocycles. The van der Waals surface area contributed by atoms with Gasteiger partial charge in [0.15, 0.2) is 0 Å². The first-order chi connectivity index (χ1) is 21.7. The van der Waals surface area contributed by atoms with Crippen LogP contribution in [0.1, 0.15) is 70.3 Å². The van der Waals surface area contributed by atoms with Crippen LogP contribution >= 0.6 is 0 Å². The summed E-state index contributed by atoms with van der Waals surface area (Å²) in [5.74, 6) is -4.12. The molecule has 0 radical (unpaired) electrons. The molecular formula is C32H44N4O9. The molecule has 4 bridgehead atoms. The maximum absolute atomic E-state index is 14.3. The quantitative estimate of drug-likeness (QED) is 0.292. The van der Waals surface area contributed by atoms with E-state index in [-0.39, 0.29) is 43.5 Å². The highest BCUT2D eigenvalue weighted by Crippen LogP contribution is 2.30. The SMILES string of the molecule is CCCC(NC(=O)[C@@H]1C[C@@H]2CN1C(=O)[C@H](C1CCCCC1)NC(=O)Cc1cccc(c1)OCCCO2)C(=O)C(=O)NCC(=O)O. The summed E-state index contributed by atoms with van der Waals surface area (Å²) in [5.41, 5.74) is 0.751. The maximum atomic E-state index is 14.3. The molecule has 1 unspecified atom stereocenters. The molecule has 0 aromatic heterocycles. The van der Waals surface area contributed by atoms with E-state index in [1.165, 1.54) is 4.90 Å². The zero-order valence-electron chi connectivity index (χ0n) is 25.8. The van der Waals surface area contributed by atoms with Crippen molar-refractivity contribution in [2.45, 2.75) is 95.4 Å². The third-order valence-corrected chi connectivity index (χ3v) is 8.56. The Balaban J connectivity index is 1.58. The number of hydrogen-bond acceptors (Lipinski definition) is 8. The van der Waals surface area contributed by atoms with Gasteiger partial charge >= 0.3 is 5.97 Å². The predicted molar refractivity (Wildman–Crippen MR) is 161 cm³/mol. The molecule has 1 aliphatic carbocycles. The summed E-state index contributed by atoms with van der Waals surface area (Å²) in [6.07, 6.45) is 5.39. The first kappa shape index (κ1) is 33.9. The van der Waals surface area contributed by atoms with E-state index in [0.29, 0.717) is 31.8 Å². The van der Waals surface area contributed by atoms with Gasteiger partial charge < -0.3 is 35.4 Å². The summed E-state index contributed by atoms with van der Waals surface area (Å²) in [4.78, 5) is 78.9. The molecule has 2 fully saturated rings. The minimum atomic E-state index is -1.31. The Labute approximate surface area is 262 Å². The van der Waals surface area contributed by atoms with E-state index in [1.807, 2.05) is 29.6 Å². The number of Topliss-reactive ketones (excluding diaryl/α,β-unsaturated/α-hetero) is 1. The Bertz CT molecular complexity index is 1250. The zero-order chi connectivity index (χ0) is 32.3. The molecule has 2 aliphatic heterocycles. The minimum Gasteiger partial charge on any atom is -0.493 e. The number of carbonyl (C=O) groups is 6. The number of fused-ring (bicyclic) bond motifs is 4. The average molecular weight is 629 g/mol. The normalized spacial score (nSPS) is 23.8. The summed E-state index contributed by atoms with van der Waals surface area (Å²) in [7, 11) is 0. The van der Waals surface area contributed by atoms with Crippen LogP contribution in [0.2, 0.25) is 0 Å². The first-order valence-corrected chi connectivity index (χ1v) is 15.9. The van der Waals surface area contributed by atoms with Crippen molar-refractivity contribution in [1.82, 2.24) is 20.9 Å². The van der Waals surface area contributed by atoms with Crippen LogP contribution in [-0.2, 0) is 39.9 Å². The zero-order valence-corrected chi connectivity index (χ0v) is 25.8. The fraction of sp³-hybridized carbons (Fsp3) is 0.625. The van der Waals surface area contributed by atoms with E-state index in [9.17, 15) is 28.8 Å². The van der Waals surface area contributed by atoms with Crippen LogP contribution in [0.4, 0.5) is 0 Å². The van der Waals surface area contributed by atoms with Gasteiger partial charge in [-0.2, -0.15) is 0 Å². The van der Waals surface area contributed by atoms with E-state index >= 15 is 0 Å². The Morgan fingerprint density at radius 1 is 1.09 bits per heavy atom. The molecular weight excluding hydrogens is 584 g/mol. The minimum absolute atomic E-state index is 0.0636. The van der Waals surface area contributed by atoms with Crippen molar-refractivity contribution in [2.24, 2.45) is 5.92 Å². The second-order valence-electron chi connectivity index (χ2n) is 12.0. The fourth-order valence-corrected chi connectivity index (χ4v) is 6.32. The third-order valence-electron chi connectivity index (χ3n) is 8.56. The summed E-state index contributed by atoms with van der Waals surface area (Å²) >= 11 is 0. The Morgan fingerprint density at radius 3 is 2.60 bits per heavy atom. The molecule has 3 aliphatic rings. The Morgan fingerprint density at radius 2 is 1.87 bits per heavy atom. The van der Waals surface area contributed by atoms with Gasteiger partial charge in [-0.05, 0) is 42.9 Å². The van der Waals surface area contributed by atoms with Crippen molar-refractivity contribution >= 4 is 35.4 Å². The molecule has 13 nitrogen and oxygen atoms in total. The summed E-state index contributed by atoms with van der Waals surface area (Å²) < 4.78 is 11.9. The number of nitrogens with zero attached hydrogens (tertiary/aromatic N) is 1. The molecule has 2 heterocycles. The number of rotatable bonds is 9. The highest BCUT2D eigenvalue weighted by atomic mass is 16.5. The van der Waals surface area contributed by atoms with Crippen LogP contribution in [-0.4, -0.2) is 95.9 Å². The van der Waals surface area contributed by atoms with Crippen molar-refractivity contribution < 1.29 is 43.3 Å². The van der Waals surface area contributed by atoms with Gasteiger partial charge in [0.1, 0.15) is 24.4 Å². The van der Waals surface area contributed by atoms with Crippen LogP contribution in [0, 0.1) is 5.92 Å². The van der Waals surface area contributed by atoms with Crippen LogP contribution in [0.25, 0.3) is 0 Å². The lowest BCUT2D eigenvalue weighted by atomic mass is 9.83. The van der Waals surface area contributed by atoms with E-state index < -0.39 is 54.3 Å². The highest BCUT2D eigenvalue weighted by molar-refractivity contribution is 6.38. The lowest BCUT2D eigenvalue weighted by molar-refractivity contribution is -0.145. The largest absolute Gasteiger partial charge is 0.493 e. The van der Waals surface area contributed by atoms with Crippen LogP contribution in [0.5, 0.6) is 5.75 Å². The molecule has 246 valence electrons. The van der Waals surface area contributed by atoms with Gasteiger partial charge in [0.05, 0.1) is 31.8 Å². The number of aliphatic carboxylic acids is 1. The molecule has 1 aromatic rings. The standard InChI is InChI=1S/C32H44N4O9/c1-2-8-24(29(40)31(42)33-18-27(38)39)34-30(41)25-17-23-19-36(25)32(43)28(21-10-4-3-5-11-21)35-26(37)16-20-9-6-12-22(15-20)44-13-7-14-45-23/h6,9,12,15,21,23-25,28H,2-5,7-8,10-11,13-14,16-19H2,1H3,(H,33,42)(H,34,41)(H,35,37)(H,38,39)/t23-,24?,25+,28+/m1/s1. The van der Waals surface area contributed by atoms with Gasteiger partial charge in [-0.15, -0.1) is 0 Å². The lowest BCUT2D eigenvalue weighted by Gasteiger charge is -2.35. The second-order valence-corrected chi connectivity index (χ2v) is 12.0. The number of nitrogens with one attached hydrogen (secondary N) is 3. The number of hydrogen-bond donors (Lipinski definition) is 4. The van der Waals surface area contributed by atoms with Crippen molar-refractivity contribution in [3.05, 3.63) is 29.8 Å². The molecule has 1 aromatic carbocycles. The van der Waals surface area contributed by atoms with Crippen LogP contribution in [0.3, 0.4) is 0 Å². The molecule has 1 saturated heterocycles. The number of amides is 4. The average Bonchev–Trinajstić information content (AvgIpc) is 3.46. The van der Waals surface area contributed by atoms with E-state index in [0.717, 1.165) is 37.7 Å². The van der Waals surface area contributed by atoms with Gasteiger partial charge in [0.2, 0.25) is 23.5 Å². The number of carboxylic acid groups (broad SMARTS) is 1. The monoisotopic (exact) mass is 628 g/mol. The molecule has 0 spiro atoms. The fourth-order valence-electron chi connectivity index (χ4n) is 6.32. The smallest absolute Gasteiger partial charge is 0.322 e. The number of ether oxygens (including phenoxy) is 2. The van der Waals surface area contributed by atoms with Crippen LogP contribution in [0.15, 0.2) is 24.3 Å². The summed E-state index contributed by atoms with van der Waals surface area (Å²) in [6, 6.07) is 4.25. The molecule has 4 rings (SSSR count). The van der Waals surface area contributed by atoms with Crippen molar-refractivity contribution in [2.75, 3.05) is 26.3 Å². The Kier molecular flexibility index (Phi) is 12.3. The molecule has 4 N–H and O–H groups in total. The van der Waals surface area contributed by atoms with Gasteiger partial charge in [-0.25, -0.2) is 0 Å². The van der Waals surface area contributed by atoms with Gasteiger partial charge in [0.25, 0.3) is 5.91 Å². The Hall–Kier alpha value is -4.00. The first-order valence-electron chi connectivity index (χ1n) is 15.9. The van der Waals surface area contributed by atoms with E-state index in [2.05, 4.69) is 10.6 Å². The number of benzene rings is 1. The van der Waals surface area contributed by atoms with Gasteiger partial charge in [-0.3, -0.25) is 28.8 Å². The molecule has 45 heavy (non-hydrogen) atoms. The topological polar surface area (TPSA) is 180 Å². The second kappa shape index (κ2) is 16.4. The third kappa shape index (κ3) is 9.49. The number of ketones is 1. The number of carbonyl (C=O) groups excluding carboxylic acids is 5. The molecule has 4 atom stereocenters. The van der Waals surface area contributed by atoms with Crippen molar-refractivity contribution in [1.29, 1.82) is 0 Å². The van der Waals surface area contributed by atoms with Gasteiger partial charge in [-0.1, -0.05) is 44.7 Å². The maximum Gasteiger partial charge on any atom is 0.322 e. The lowest BCUT2D eigenvalue weighted by Crippen LogP contribution is -2.58. The number of carboxylic acids is 1. The van der Waals surface area contributed by atoms with Gasteiger partial charge in [0, 0.05) is 19.4 Å².